The van der Waals surface area contributed by atoms with Crippen molar-refractivity contribution in [1.29, 1.82) is 0 Å². The molecule has 1 aromatic carbocycles. The summed E-state index contributed by atoms with van der Waals surface area (Å²) < 4.78 is 13.9. The van der Waals surface area contributed by atoms with E-state index >= 15 is 0 Å². The number of halogens is 1. The van der Waals surface area contributed by atoms with Crippen LogP contribution in [-0.2, 0) is 0 Å². The van der Waals surface area contributed by atoms with E-state index in [4.69, 9.17) is 18.0 Å². The Morgan fingerprint density at radius 3 is 2.79 bits per heavy atom. The summed E-state index contributed by atoms with van der Waals surface area (Å²) in [6, 6.07) is 8.41. The average Bonchev–Trinajstić information content (AvgIpc) is 2.41. The molecule has 19 heavy (non-hydrogen) atoms. The third-order valence-corrected chi connectivity index (χ3v) is 3.05. The molecule has 3 nitrogen and oxygen atoms in total. The first kappa shape index (κ1) is 13.4. The van der Waals surface area contributed by atoms with E-state index in [9.17, 15) is 4.39 Å². The van der Waals surface area contributed by atoms with Crippen molar-refractivity contribution in [3.63, 3.8) is 0 Å². The summed E-state index contributed by atoms with van der Waals surface area (Å²) in [5.41, 5.74) is 7.38. The molecule has 0 radical (unpaired) electrons. The molecule has 2 aromatic rings. The van der Waals surface area contributed by atoms with Crippen LogP contribution in [0.2, 0.25) is 0 Å². The van der Waals surface area contributed by atoms with Crippen molar-refractivity contribution in [2.24, 2.45) is 5.73 Å². The van der Waals surface area contributed by atoms with E-state index in [1.54, 1.807) is 24.5 Å². The van der Waals surface area contributed by atoms with E-state index in [0.29, 0.717) is 11.3 Å². The van der Waals surface area contributed by atoms with Crippen LogP contribution < -0.4 is 11.1 Å². The number of nitrogens with zero attached hydrogens (tertiary/aromatic N) is 1. The molecule has 0 aliphatic carbocycles. The monoisotopic (exact) mass is 275 g/mol. The van der Waals surface area contributed by atoms with Gasteiger partial charge in [0.15, 0.2) is 0 Å². The van der Waals surface area contributed by atoms with Gasteiger partial charge in [-0.1, -0.05) is 18.3 Å². The van der Waals surface area contributed by atoms with E-state index in [-0.39, 0.29) is 16.8 Å². The molecule has 2 rings (SSSR count). The molecule has 0 spiro atoms. The number of benzene rings is 1. The number of nitrogens with one attached hydrogen (secondary N) is 1. The maximum Gasteiger partial charge on any atom is 0.147 e. The first-order chi connectivity index (χ1) is 9.08. The van der Waals surface area contributed by atoms with Gasteiger partial charge < -0.3 is 11.1 Å². The summed E-state index contributed by atoms with van der Waals surface area (Å²) in [6.07, 6.45) is 3.45. The summed E-state index contributed by atoms with van der Waals surface area (Å²) in [5.74, 6) is -0.374. The van der Waals surface area contributed by atoms with Crippen LogP contribution in [0.15, 0.2) is 42.7 Å². The van der Waals surface area contributed by atoms with Crippen molar-refractivity contribution in [2.45, 2.75) is 13.0 Å². The first-order valence-electron chi connectivity index (χ1n) is 5.83. The van der Waals surface area contributed by atoms with E-state index < -0.39 is 0 Å². The van der Waals surface area contributed by atoms with Crippen molar-refractivity contribution >= 4 is 22.9 Å². The van der Waals surface area contributed by atoms with Crippen LogP contribution in [0.25, 0.3) is 0 Å². The minimum atomic E-state index is -0.374. The molecule has 0 aliphatic heterocycles. The minimum absolute atomic E-state index is 0.0427. The Morgan fingerprint density at radius 2 is 2.21 bits per heavy atom. The second kappa shape index (κ2) is 5.75. The zero-order valence-corrected chi connectivity index (χ0v) is 11.2. The maximum atomic E-state index is 13.9. The SMILES string of the molecule is CC(Nc1ccc(C(N)=S)cc1F)c1cccnc1. The third kappa shape index (κ3) is 3.26. The molecule has 0 aliphatic rings. The Balaban J connectivity index is 2.18. The van der Waals surface area contributed by atoms with Gasteiger partial charge in [-0.05, 0) is 36.8 Å². The summed E-state index contributed by atoms with van der Waals surface area (Å²) >= 11 is 4.81. The molecule has 0 saturated carbocycles. The summed E-state index contributed by atoms with van der Waals surface area (Å²) in [7, 11) is 0. The Hall–Kier alpha value is -2.01. The fraction of sp³-hybridized carbons (Fsp3) is 0.143. The Labute approximate surface area is 116 Å². The van der Waals surface area contributed by atoms with Gasteiger partial charge in [0, 0.05) is 18.0 Å². The van der Waals surface area contributed by atoms with Crippen molar-refractivity contribution in [3.8, 4) is 0 Å². The van der Waals surface area contributed by atoms with Crippen LogP contribution in [0.3, 0.4) is 0 Å². The predicted octanol–water partition coefficient (Wildman–Crippen LogP) is 3.03. The number of aromatic nitrogens is 1. The molecule has 98 valence electrons. The zero-order valence-electron chi connectivity index (χ0n) is 10.4. The van der Waals surface area contributed by atoms with Gasteiger partial charge in [-0.25, -0.2) is 4.39 Å². The van der Waals surface area contributed by atoms with Gasteiger partial charge in [0.25, 0.3) is 0 Å². The number of rotatable bonds is 4. The fourth-order valence-corrected chi connectivity index (χ4v) is 1.86. The van der Waals surface area contributed by atoms with Crippen LogP contribution in [-0.4, -0.2) is 9.97 Å². The van der Waals surface area contributed by atoms with Gasteiger partial charge in [0.1, 0.15) is 10.8 Å². The number of thiocarbonyl (C=S) groups is 1. The lowest BCUT2D eigenvalue weighted by atomic mass is 10.1. The summed E-state index contributed by atoms with van der Waals surface area (Å²) in [6.45, 7) is 1.94. The quantitative estimate of drug-likeness (QED) is 0.842. The second-order valence-corrected chi connectivity index (χ2v) is 4.65. The number of anilines is 1. The highest BCUT2D eigenvalue weighted by Crippen LogP contribution is 2.22. The molecule has 0 amide bonds. The molecule has 0 bridgehead atoms. The van der Waals surface area contributed by atoms with Gasteiger partial charge in [0.05, 0.1) is 11.7 Å². The molecule has 1 atom stereocenters. The summed E-state index contributed by atoms with van der Waals surface area (Å²) in [4.78, 5) is 4.23. The number of hydrogen-bond acceptors (Lipinski definition) is 3. The molecule has 3 N–H and O–H groups in total. The molecule has 0 saturated heterocycles. The molecule has 1 aromatic heterocycles. The number of pyridine rings is 1. The lowest BCUT2D eigenvalue weighted by Gasteiger charge is -2.16. The summed E-state index contributed by atoms with van der Waals surface area (Å²) in [5, 5.41) is 3.09. The Kier molecular flexibility index (Phi) is 4.06. The van der Waals surface area contributed by atoms with Gasteiger partial charge in [-0.3, -0.25) is 4.98 Å². The van der Waals surface area contributed by atoms with Gasteiger partial charge in [-0.15, -0.1) is 0 Å². The molecule has 5 heteroatoms. The Bertz CT molecular complexity index is 586. The van der Waals surface area contributed by atoms with E-state index in [2.05, 4.69) is 10.3 Å². The standard InChI is InChI=1S/C14H14FN3S/c1-9(11-3-2-6-17-8-11)18-13-5-4-10(14(16)19)7-12(13)15/h2-9,18H,1H3,(H2,16,19). The highest BCUT2D eigenvalue weighted by atomic mass is 32.1. The molecular formula is C14H14FN3S. The van der Waals surface area contributed by atoms with Crippen LogP contribution in [0.1, 0.15) is 24.1 Å². The van der Waals surface area contributed by atoms with Crippen LogP contribution in [0, 0.1) is 5.82 Å². The van der Waals surface area contributed by atoms with Gasteiger partial charge >= 0.3 is 0 Å². The molecule has 1 unspecified atom stereocenters. The molecule has 1 heterocycles. The van der Waals surface area contributed by atoms with Crippen molar-refractivity contribution in [3.05, 3.63) is 59.7 Å². The molecular weight excluding hydrogens is 261 g/mol. The highest BCUT2D eigenvalue weighted by Gasteiger charge is 2.09. The maximum absolute atomic E-state index is 13.9. The first-order valence-corrected chi connectivity index (χ1v) is 6.24. The lowest BCUT2D eigenvalue weighted by Crippen LogP contribution is -2.12. The van der Waals surface area contributed by atoms with E-state index in [1.807, 2.05) is 19.1 Å². The largest absolute Gasteiger partial charge is 0.389 e. The number of hydrogen-bond donors (Lipinski definition) is 2. The predicted molar refractivity (Wildman–Crippen MR) is 78.6 cm³/mol. The fourth-order valence-electron chi connectivity index (χ4n) is 1.73. The van der Waals surface area contributed by atoms with Crippen molar-refractivity contribution in [2.75, 3.05) is 5.32 Å². The molecule has 0 fully saturated rings. The van der Waals surface area contributed by atoms with Crippen LogP contribution >= 0.6 is 12.2 Å². The van der Waals surface area contributed by atoms with Gasteiger partial charge in [0.2, 0.25) is 0 Å². The zero-order chi connectivity index (χ0) is 13.8. The third-order valence-electron chi connectivity index (χ3n) is 2.81. The van der Waals surface area contributed by atoms with E-state index in [0.717, 1.165) is 5.56 Å². The lowest BCUT2D eigenvalue weighted by molar-refractivity contribution is 0.627. The smallest absolute Gasteiger partial charge is 0.147 e. The second-order valence-electron chi connectivity index (χ2n) is 4.21. The minimum Gasteiger partial charge on any atom is -0.389 e. The van der Waals surface area contributed by atoms with Crippen LogP contribution in [0.4, 0.5) is 10.1 Å². The number of nitrogens with two attached hydrogens (primary N) is 1. The Morgan fingerprint density at radius 1 is 1.42 bits per heavy atom. The average molecular weight is 275 g/mol. The van der Waals surface area contributed by atoms with Crippen LogP contribution in [0.5, 0.6) is 0 Å². The highest BCUT2D eigenvalue weighted by molar-refractivity contribution is 7.80. The topological polar surface area (TPSA) is 50.9 Å². The van der Waals surface area contributed by atoms with Crippen molar-refractivity contribution in [1.82, 2.24) is 4.98 Å². The van der Waals surface area contributed by atoms with Gasteiger partial charge in [-0.2, -0.15) is 0 Å². The van der Waals surface area contributed by atoms with Crippen molar-refractivity contribution < 1.29 is 4.39 Å². The van der Waals surface area contributed by atoms with E-state index in [1.165, 1.54) is 6.07 Å². The normalized spacial score (nSPS) is 11.9.